The summed E-state index contributed by atoms with van der Waals surface area (Å²) in [5.41, 5.74) is 1.14. The minimum atomic E-state index is -2.85. The molecule has 0 saturated heterocycles. The van der Waals surface area contributed by atoms with Gasteiger partial charge in [0.2, 0.25) is 0 Å². The van der Waals surface area contributed by atoms with Crippen LogP contribution in [0.3, 0.4) is 0 Å². The Balaban J connectivity index is 5.63. The summed E-state index contributed by atoms with van der Waals surface area (Å²) in [5, 5.41) is 0. The second kappa shape index (κ2) is 8.89. The summed E-state index contributed by atoms with van der Waals surface area (Å²) in [6.07, 6.45) is 0. The molecule has 0 saturated carbocycles. The average molecular weight is 409 g/mol. The molecule has 24 heavy (non-hydrogen) atoms. The van der Waals surface area contributed by atoms with Gasteiger partial charge in [-0.25, -0.2) is 0 Å². The van der Waals surface area contributed by atoms with Crippen molar-refractivity contribution >= 4 is 33.8 Å². The fourth-order valence-electron chi connectivity index (χ4n) is 2.16. The van der Waals surface area contributed by atoms with E-state index in [4.69, 9.17) is 17.1 Å². The normalized spacial score (nSPS) is 15.5. The lowest BCUT2D eigenvalue weighted by Gasteiger charge is -2.45. The third-order valence-corrected chi connectivity index (χ3v) is 14.8. The van der Waals surface area contributed by atoms with Crippen LogP contribution in [0.25, 0.3) is 0 Å². The first-order chi connectivity index (χ1) is 10.5. The van der Waals surface area contributed by atoms with Crippen molar-refractivity contribution in [1.29, 1.82) is 0 Å². The molecule has 0 aromatic heterocycles. The highest BCUT2D eigenvalue weighted by Gasteiger charge is 2.54. The van der Waals surface area contributed by atoms with Gasteiger partial charge < -0.3 is 17.1 Å². The van der Waals surface area contributed by atoms with Crippen LogP contribution in [0.1, 0.15) is 13.8 Å². The van der Waals surface area contributed by atoms with Crippen LogP contribution in [0.15, 0.2) is 12.2 Å². The van der Waals surface area contributed by atoms with Gasteiger partial charge in [-0.15, -0.1) is 0 Å². The van der Waals surface area contributed by atoms with E-state index in [1.54, 1.807) is 0 Å². The van der Waals surface area contributed by atoms with E-state index in [0.717, 1.165) is 5.57 Å². The van der Waals surface area contributed by atoms with Crippen molar-refractivity contribution in [2.24, 2.45) is 0 Å². The topological polar surface area (TPSA) is 36.9 Å². The van der Waals surface area contributed by atoms with Gasteiger partial charge in [0, 0.05) is 5.54 Å². The molecular formula is C16H40O4Si4. The summed E-state index contributed by atoms with van der Waals surface area (Å²) in [6, 6.07) is 0. The first-order valence-corrected chi connectivity index (χ1v) is 20.8. The minimum Gasteiger partial charge on any atom is -0.417 e. The Kier molecular flexibility index (Phi) is 9.06. The highest BCUT2D eigenvalue weighted by molar-refractivity contribution is 6.90. The molecule has 0 radical (unpaired) electrons. The van der Waals surface area contributed by atoms with Crippen molar-refractivity contribution in [2.45, 2.75) is 78.3 Å². The molecule has 0 heterocycles. The van der Waals surface area contributed by atoms with Crippen molar-refractivity contribution in [1.82, 2.24) is 0 Å². The molecule has 144 valence electrons. The predicted molar refractivity (Wildman–Crippen MR) is 114 cm³/mol. The first kappa shape index (κ1) is 24.4. The fourth-order valence-corrected chi connectivity index (χ4v) is 16.8. The number of hydrogen-bond acceptors (Lipinski definition) is 4. The Morgan fingerprint density at radius 3 is 1.38 bits per heavy atom. The summed E-state index contributed by atoms with van der Waals surface area (Å²) in [5.74, 6) is 0. The Morgan fingerprint density at radius 1 is 0.792 bits per heavy atom. The Labute approximate surface area is 154 Å². The Morgan fingerprint density at radius 2 is 1.12 bits per heavy atom. The van der Waals surface area contributed by atoms with Gasteiger partial charge >= 0.3 is 8.80 Å². The van der Waals surface area contributed by atoms with Gasteiger partial charge in [-0.3, -0.25) is 0 Å². The highest BCUT2D eigenvalue weighted by Crippen LogP contribution is 2.34. The molecule has 1 atom stereocenters. The van der Waals surface area contributed by atoms with E-state index in [1.807, 2.05) is 6.92 Å². The molecule has 1 unspecified atom stereocenters. The van der Waals surface area contributed by atoms with E-state index in [9.17, 15) is 0 Å². The van der Waals surface area contributed by atoms with E-state index in [-0.39, 0.29) is 5.54 Å². The molecule has 0 aliphatic heterocycles. The maximum atomic E-state index is 6.70. The van der Waals surface area contributed by atoms with Crippen molar-refractivity contribution in [3.05, 3.63) is 12.2 Å². The molecule has 0 spiro atoms. The zero-order valence-corrected chi connectivity index (χ0v) is 21.8. The monoisotopic (exact) mass is 408 g/mol. The summed E-state index contributed by atoms with van der Waals surface area (Å²) in [4.78, 5) is 0. The van der Waals surface area contributed by atoms with Gasteiger partial charge in [0.25, 0.3) is 0 Å². The second-order valence-corrected chi connectivity index (χ2v) is 26.9. The molecule has 0 amide bonds. The van der Waals surface area contributed by atoms with E-state index < -0.39 is 33.8 Å². The van der Waals surface area contributed by atoms with Crippen LogP contribution in [0.4, 0.5) is 0 Å². The maximum absolute atomic E-state index is 6.70. The van der Waals surface area contributed by atoms with Crippen LogP contribution >= 0.6 is 0 Å². The molecule has 0 aliphatic rings. The molecule has 0 aromatic rings. The van der Waals surface area contributed by atoms with Crippen molar-refractivity contribution in [3.63, 3.8) is 0 Å². The summed E-state index contributed by atoms with van der Waals surface area (Å²) < 4.78 is 25.9. The van der Waals surface area contributed by atoms with Crippen molar-refractivity contribution < 1.29 is 17.1 Å². The zero-order chi connectivity index (χ0) is 19.4. The predicted octanol–water partition coefficient (Wildman–Crippen LogP) is 5.46. The van der Waals surface area contributed by atoms with Gasteiger partial charge in [0.05, 0.1) is 13.2 Å². The number of ether oxygens (including phenoxy) is 1. The molecular weight excluding hydrogens is 369 g/mol. The lowest BCUT2D eigenvalue weighted by Crippen LogP contribution is -2.63. The molecule has 8 heteroatoms. The second-order valence-electron chi connectivity index (χ2n) is 9.62. The summed E-state index contributed by atoms with van der Waals surface area (Å²) in [6.45, 7) is 29.0. The smallest absolute Gasteiger partial charge is 0.417 e. The molecule has 0 N–H and O–H groups in total. The summed E-state index contributed by atoms with van der Waals surface area (Å²) in [7, 11) is -8.35. The van der Waals surface area contributed by atoms with E-state index in [1.165, 1.54) is 0 Å². The van der Waals surface area contributed by atoms with Crippen LogP contribution in [0.5, 0.6) is 0 Å². The first-order valence-electron chi connectivity index (χ1n) is 8.78. The van der Waals surface area contributed by atoms with Crippen LogP contribution in [-0.2, 0) is 17.1 Å². The fraction of sp³-hybridized carbons (Fsp3) is 0.875. The van der Waals surface area contributed by atoms with Gasteiger partial charge in [0.15, 0.2) is 25.0 Å². The molecule has 4 nitrogen and oxygen atoms in total. The van der Waals surface area contributed by atoms with Crippen LogP contribution in [0.2, 0.25) is 64.5 Å². The molecule has 0 aromatic carbocycles. The molecule has 0 rings (SSSR count). The Bertz CT molecular complexity index is 367. The van der Waals surface area contributed by atoms with E-state index in [2.05, 4.69) is 72.4 Å². The average Bonchev–Trinajstić information content (AvgIpc) is 2.20. The van der Waals surface area contributed by atoms with Crippen LogP contribution in [0, 0.1) is 0 Å². The third-order valence-electron chi connectivity index (χ3n) is 2.67. The van der Waals surface area contributed by atoms with Gasteiger partial charge in [-0.2, -0.15) is 0 Å². The maximum Gasteiger partial charge on any atom is 0.474 e. The lowest BCUT2D eigenvalue weighted by atomic mass is 10.4. The Hall–Kier alpha value is 0.448. The van der Waals surface area contributed by atoms with Crippen LogP contribution in [-0.4, -0.2) is 47.0 Å². The largest absolute Gasteiger partial charge is 0.474 e. The van der Waals surface area contributed by atoms with Crippen molar-refractivity contribution in [3.8, 4) is 0 Å². The number of hydrogen-bond donors (Lipinski definition) is 0. The van der Waals surface area contributed by atoms with E-state index in [0.29, 0.717) is 13.2 Å². The SMILES string of the molecule is C=C(C)COCC(C)[Si](O[Si](C)(C)C)(O[Si](C)(C)C)O[Si](C)(C)C. The van der Waals surface area contributed by atoms with Gasteiger partial charge in [0.1, 0.15) is 0 Å². The highest BCUT2D eigenvalue weighted by atomic mass is 28.5. The minimum absolute atomic E-state index is 0.113. The van der Waals surface area contributed by atoms with Gasteiger partial charge in [-0.05, 0) is 65.8 Å². The van der Waals surface area contributed by atoms with Crippen LogP contribution < -0.4 is 0 Å². The summed E-state index contributed by atoms with van der Waals surface area (Å²) >= 11 is 0. The zero-order valence-electron chi connectivity index (χ0n) is 17.8. The van der Waals surface area contributed by atoms with Gasteiger partial charge in [-0.1, -0.05) is 19.1 Å². The molecule has 0 aliphatic carbocycles. The molecule has 0 fully saturated rings. The number of rotatable bonds is 11. The van der Waals surface area contributed by atoms with Crippen molar-refractivity contribution in [2.75, 3.05) is 13.2 Å². The molecule has 0 bridgehead atoms. The third kappa shape index (κ3) is 11.1. The standard InChI is InChI=1S/C16H40O4Si4/c1-15(2)13-17-14-16(3)24(18-21(4,5)6,19-22(7,8)9)20-23(10,11)12/h16H,1,13-14H2,2-12H3. The van der Waals surface area contributed by atoms with E-state index >= 15 is 0 Å². The quantitative estimate of drug-likeness (QED) is 0.336. The lowest BCUT2D eigenvalue weighted by molar-refractivity contribution is 0.132.